The Kier molecular flexibility index (Phi) is 6.04. The van der Waals surface area contributed by atoms with Crippen LogP contribution in [0.5, 0.6) is 0 Å². The van der Waals surface area contributed by atoms with Gasteiger partial charge in [-0.2, -0.15) is 0 Å². The van der Waals surface area contributed by atoms with Crippen molar-refractivity contribution in [2.24, 2.45) is 0 Å². The molecule has 1 atom stereocenters. The van der Waals surface area contributed by atoms with Gasteiger partial charge in [0.05, 0.1) is 0 Å². The maximum Gasteiger partial charge on any atom is 0.325 e. The molecule has 0 aliphatic carbocycles. The Bertz CT molecular complexity index is 870. The van der Waals surface area contributed by atoms with Gasteiger partial charge < -0.3 is 10.6 Å². The molecular formula is C21H23N3O3S. The molecule has 2 aromatic rings. The summed E-state index contributed by atoms with van der Waals surface area (Å²) >= 11 is 1.63. The summed E-state index contributed by atoms with van der Waals surface area (Å²) in [5.41, 5.74) is 0.598. The van der Waals surface area contributed by atoms with Crippen LogP contribution in [0.25, 0.3) is 0 Å². The Morgan fingerprint density at radius 1 is 1.11 bits per heavy atom. The van der Waals surface area contributed by atoms with Crippen molar-refractivity contribution in [3.63, 3.8) is 0 Å². The Labute approximate surface area is 168 Å². The number of aryl methyl sites for hydroxylation is 1. The minimum atomic E-state index is -1.16. The standard InChI is InChI=1S/C21H23N3O3S/c1-15-8-10-16(11-9-15)21(2)19(26)24(20(27)23-21)14-18(25)22-12-13-28-17-6-4-3-5-7-17/h3-11H,12-14H2,1-2H3,(H,22,25)(H,23,27)/t21-/m1/s1. The van der Waals surface area contributed by atoms with Gasteiger partial charge in [0.25, 0.3) is 5.91 Å². The van der Waals surface area contributed by atoms with Crippen LogP contribution < -0.4 is 10.6 Å². The number of benzene rings is 2. The van der Waals surface area contributed by atoms with Crippen LogP contribution in [-0.2, 0) is 15.1 Å². The van der Waals surface area contributed by atoms with Gasteiger partial charge in [0.2, 0.25) is 5.91 Å². The molecule has 1 aliphatic rings. The molecule has 0 radical (unpaired) electrons. The number of carbonyl (C=O) groups excluding carboxylic acids is 3. The van der Waals surface area contributed by atoms with Crippen LogP contribution in [0.4, 0.5) is 4.79 Å². The highest BCUT2D eigenvalue weighted by molar-refractivity contribution is 7.99. The first-order valence-corrected chi connectivity index (χ1v) is 10.0. The summed E-state index contributed by atoms with van der Waals surface area (Å²) in [5, 5.41) is 5.48. The van der Waals surface area contributed by atoms with Crippen LogP contribution in [0.2, 0.25) is 0 Å². The summed E-state index contributed by atoms with van der Waals surface area (Å²) in [4.78, 5) is 39.4. The second-order valence-electron chi connectivity index (χ2n) is 6.82. The molecular weight excluding hydrogens is 374 g/mol. The number of carbonyl (C=O) groups is 3. The molecule has 2 N–H and O–H groups in total. The van der Waals surface area contributed by atoms with E-state index in [1.54, 1.807) is 18.7 Å². The molecule has 0 spiro atoms. The van der Waals surface area contributed by atoms with Gasteiger partial charge in [-0.1, -0.05) is 48.0 Å². The molecule has 0 aromatic heterocycles. The molecule has 7 heteroatoms. The lowest BCUT2D eigenvalue weighted by Crippen LogP contribution is -2.43. The number of nitrogens with zero attached hydrogens (tertiary/aromatic N) is 1. The van der Waals surface area contributed by atoms with E-state index in [4.69, 9.17) is 0 Å². The zero-order chi connectivity index (χ0) is 20.1. The summed E-state index contributed by atoms with van der Waals surface area (Å²) in [6, 6.07) is 16.7. The summed E-state index contributed by atoms with van der Waals surface area (Å²) in [6.45, 7) is 3.78. The average molecular weight is 398 g/mol. The molecule has 4 amide bonds. The topological polar surface area (TPSA) is 78.5 Å². The quantitative estimate of drug-likeness (QED) is 0.428. The number of amides is 4. The number of hydrogen-bond donors (Lipinski definition) is 2. The van der Waals surface area contributed by atoms with E-state index in [2.05, 4.69) is 10.6 Å². The zero-order valence-corrected chi connectivity index (χ0v) is 16.7. The van der Waals surface area contributed by atoms with Crippen molar-refractivity contribution in [3.8, 4) is 0 Å². The van der Waals surface area contributed by atoms with Crippen LogP contribution in [0.15, 0.2) is 59.5 Å². The maximum absolute atomic E-state index is 12.8. The Morgan fingerprint density at radius 2 is 1.79 bits per heavy atom. The van der Waals surface area contributed by atoms with Gasteiger partial charge >= 0.3 is 6.03 Å². The first-order chi connectivity index (χ1) is 13.4. The minimum absolute atomic E-state index is 0.290. The zero-order valence-electron chi connectivity index (χ0n) is 15.9. The van der Waals surface area contributed by atoms with Crippen molar-refractivity contribution in [2.75, 3.05) is 18.8 Å². The summed E-state index contributed by atoms with van der Waals surface area (Å²) in [6.07, 6.45) is 0. The normalized spacial score (nSPS) is 18.9. The fourth-order valence-corrected chi connectivity index (χ4v) is 3.79. The first kappa shape index (κ1) is 19.9. The van der Waals surface area contributed by atoms with Crippen molar-refractivity contribution in [1.29, 1.82) is 0 Å². The Hall–Kier alpha value is -2.80. The van der Waals surface area contributed by atoms with E-state index in [-0.39, 0.29) is 12.5 Å². The highest BCUT2D eigenvalue weighted by Crippen LogP contribution is 2.28. The highest BCUT2D eigenvalue weighted by Gasteiger charge is 2.49. The predicted octanol–water partition coefficient (Wildman–Crippen LogP) is 2.67. The lowest BCUT2D eigenvalue weighted by atomic mass is 9.91. The van der Waals surface area contributed by atoms with Gasteiger partial charge in [-0.3, -0.25) is 14.5 Å². The predicted molar refractivity (Wildman–Crippen MR) is 109 cm³/mol. The maximum atomic E-state index is 12.8. The van der Waals surface area contributed by atoms with E-state index in [0.29, 0.717) is 17.9 Å². The molecule has 0 bridgehead atoms. The fourth-order valence-electron chi connectivity index (χ4n) is 3.00. The molecule has 1 heterocycles. The van der Waals surface area contributed by atoms with Gasteiger partial charge in [0.15, 0.2) is 0 Å². The molecule has 0 saturated carbocycles. The first-order valence-electron chi connectivity index (χ1n) is 9.06. The van der Waals surface area contributed by atoms with Crippen molar-refractivity contribution < 1.29 is 14.4 Å². The lowest BCUT2D eigenvalue weighted by Gasteiger charge is -2.22. The molecule has 1 fully saturated rings. The average Bonchev–Trinajstić information content (AvgIpc) is 2.90. The van der Waals surface area contributed by atoms with Crippen molar-refractivity contribution in [3.05, 3.63) is 65.7 Å². The largest absolute Gasteiger partial charge is 0.354 e. The molecule has 2 aromatic carbocycles. The number of urea groups is 1. The third-order valence-electron chi connectivity index (χ3n) is 4.64. The van der Waals surface area contributed by atoms with E-state index >= 15 is 0 Å². The minimum Gasteiger partial charge on any atom is -0.354 e. The summed E-state index contributed by atoms with van der Waals surface area (Å²) in [7, 11) is 0. The van der Waals surface area contributed by atoms with Crippen LogP contribution in [-0.4, -0.2) is 41.6 Å². The molecule has 3 rings (SSSR count). The molecule has 28 heavy (non-hydrogen) atoms. The molecule has 1 aliphatic heterocycles. The SMILES string of the molecule is Cc1ccc([C@@]2(C)NC(=O)N(CC(=O)NCCSc3ccccc3)C2=O)cc1. The smallest absolute Gasteiger partial charge is 0.325 e. The number of rotatable bonds is 7. The van der Waals surface area contributed by atoms with E-state index < -0.39 is 17.5 Å². The number of hydrogen-bond acceptors (Lipinski definition) is 4. The third kappa shape index (κ3) is 4.36. The van der Waals surface area contributed by atoms with Gasteiger partial charge in [0, 0.05) is 17.2 Å². The van der Waals surface area contributed by atoms with Crippen molar-refractivity contribution in [1.82, 2.24) is 15.5 Å². The molecule has 0 unspecified atom stereocenters. The third-order valence-corrected chi connectivity index (χ3v) is 5.66. The van der Waals surface area contributed by atoms with Crippen molar-refractivity contribution >= 4 is 29.6 Å². The van der Waals surface area contributed by atoms with Crippen molar-refractivity contribution in [2.45, 2.75) is 24.3 Å². The second-order valence-corrected chi connectivity index (χ2v) is 7.99. The van der Waals surface area contributed by atoms with Gasteiger partial charge in [0.1, 0.15) is 12.1 Å². The number of nitrogens with one attached hydrogen (secondary N) is 2. The Morgan fingerprint density at radius 3 is 2.46 bits per heavy atom. The molecule has 1 saturated heterocycles. The van der Waals surface area contributed by atoms with Crippen LogP contribution in [0, 0.1) is 6.92 Å². The van der Waals surface area contributed by atoms with Gasteiger partial charge in [-0.15, -0.1) is 11.8 Å². The van der Waals surface area contributed by atoms with Crippen LogP contribution in [0.1, 0.15) is 18.1 Å². The van der Waals surface area contributed by atoms with Crippen LogP contribution in [0.3, 0.4) is 0 Å². The summed E-state index contributed by atoms with van der Waals surface area (Å²) in [5.74, 6) is -0.0720. The highest BCUT2D eigenvalue weighted by atomic mass is 32.2. The number of imide groups is 1. The van der Waals surface area contributed by atoms with E-state index in [9.17, 15) is 14.4 Å². The lowest BCUT2D eigenvalue weighted by molar-refractivity contribution is -0.134. The molecule has 6 nitrogen and oxygen atoms in total. The van der Waals surface area contributed by atoms with E-state index in [1.807, 2.05) is 61.5 Å². The molecule has 146 valence electrons. The number of thioether (sulfide) groups is 1. The second kappa shape index (κ2) is 8.48. The van der Waals surface area contributed by atoms with Gasteiger partial charge in [-0.05, 0) is 31.5 Å². The monoisotopic (exact) mass is 397 g/mol. The van der Waals surface area contributed by atoms with E-state index in [0.717, 1.165) is 15.4 Å². The fraction of sp³-hybridized carbons (Fsp3) is 0.286. The van der Waals surface area contributed by atoms with Crippen LogP contribution >= 0.6 is 11.8 Å². The van der Waals surface area contributed by atoms with E-state index in [1.165, 1.54) is 0 Å². The van der Waals surface area contributed by atoms with Gasteiger partial charge in [-0.25, -0.2) is 4.79 Å². The Balaban J connectivity index is 1.53. The summed E-state index contributed by atoms with van der Waals surface area (Å²) < 4.78 is 0.